The highest BCUT2D eigenvalue weighted by Gasteiger charge is 2.25. The van der Waals surface area contributed by atoms with Gasteiger partial charge in [0, 0.05) is 28.4 Å². The summed E-state index contributed by atoms with van der Waals surface area (Å²) in [5, 5.41) is 3.68. The molecule has 1 fully saturated rings. The summed E-state index contributed by atoms with van der Waals surface area (Å²) in [7, 11) is 4.38. The third-order valence-corrected chi connectivity index (χ3v) is 4.50. The van der Waals surface area contributed by atoms with Crippen molar-refractivity contribution >= 4 is 11.3 Å². The Morgan fingerprint density at radius 3 is 2.75 bits per heavy atom. The molecule has 2 unspecified atom stereocenters. The van der Waals surface area contributed by atoms with Gasteiger partial charge in [-0.3, -0.25) is 0 Å². The van der Waals surface area contributed by atoms with Crippen molar-refractivity contribution in [2.24, 2.45) is 0 Å². The number of aryl methyl sites for hydroxylation is 1. The van der Waals surface area contributed by atoms with Gasteiger partial charge in [-0.1, -0.05) is 0 Å². The molecule has 1 aliphatic carbocycles. The maximum Gasteiger partial charge on any atom is 0.0302 e. The van der Waals surface area contributed by atoms with E-state index >= 15 is 0 Å². The topological polar surface area (TPSA) is 15.3 Å². The lowest BCUT2D eigenvalue weighted by Gasteiger charge is -2.19. The van der Waals surface area contributed by atoms with E-state index in [0.29, 0.717) is 0 Å². The van der Waals surface area contributed by atoms with Crippen molar-refractivity contribution in [3.8, 4) is 0 Å². The molecule has 0 bridgehead atoms. The van der Waals surface area contributed by atoms with Crippen molar-refractivity contribution in [1.29, 1.82) is 0 Å². The van der Waals surface area contributed by atoms with Crippen LogP contribution in [0.2, 0.25) is 0 Å². The van der Waals surface area contributed by atoms with Crippen molar-refractivity contribution < 1.29 is 0 Å². The Kier molecular flexibility index (Phi) is 4.00. The molecule has 2 rings (SSSR count). The molecule has 90 valence electrons. The van der Waals surface area contributed by atoms with Gasteiger partial charge in [-0.05, 0) is 52.4 Å². The van der Waals surface area contributed by atoms with Gasteiger partial charge in [0.2, 0.25) is 0 Å². The highest BCUT2D eigenvalue weighted by molar-refractivity contribution is 7.11. The lowest BCUT2D eigenvalue weighted by molar-refractivity contribution is 0.293. The van der Waals surface area contributed by atoms with E-state index in [9.17, 15) is 0 Å². The summed E-state index contributed by atoms with van der Waals surface area (Å²) >= 11 is 1.91. The van der Waals surface area contributed by atoms with Crippen LogP contribution >= 0.6 is 11.3 Å². The van der Waals surface area contributed by atoms with Crippen molar-refractivity contribution in [2.75, 3.05) is 14.1 Å². The molecule has 1 saturated carbocycles. The molecule has 0 aromatic carbocycles. The molecule has 1 heterocycles. The van der Waals surface area contributed by atoms with Gasteiger partial charge in [0.15, 0.2) is 0 Å². The number of hydrogen-bond donors (Lipinski definition) is 1. The zero-order chi connectivity index (χ0) is 11.5. The molecule has 0 aliphatic heterocycles. The minimum Gasteiger partial charge on any atom is -0.309 e. The Labute approximate surface area is 103 Å². The molecule has 16 heavy (non-hydrogen) atoms. The molecule has 0 amide bonds. The van der Waals surface area contributed by atoms with Crippen LogP contribution in [-0.4, -0.2) is 31.1 Å². The van der Waals surface area contributed by atoms with E-state index in [4.69, 9.17) is 0 Å². The van der Waals surface area contributed by atoms with Gasteiger partial charge >= 0.3 is 0 Å². The number of hydrogen-bond acceptors (Lipinski definition) is 3. The zero-order valence-corrected chi connectivity index (χ0v) is 11.3. The minimum atomic E-state index is 0.717. The Balaban J connectivity index is 1.75. The fraction of sp³-hybridized carbons (Fsp3) is 0.692. The lowest BCUT2D eigenvalue weighted by Crippen LogP contribution is -2.30. The Morgan fingerprint density at radius 1 is 1.38 bits per heavy atom. The molecule has 1 aromatic heterocycles. The van der Waals surface area contributed by atoms with Crippen molar-refractivity contribution in [1.82, 2.24) is 10.2 Å². The summed E-state index contributed by atoms with van der Waals surface area (Å²) in [5.41, 5.74) is 0. The van der Waals surface area contributed by atoms with Crippen molar-refractivity contribution in [3.05, 3.63) is 21.9 Å². The van der Waals surface area contributed by atoms with Gasteiger partial charge in [0.05, 0.1) is 0 Å². The van der Waals surface area contributed by atoms with Gasteiger partial charge in [-0.2, -0.15) is 0 Å². The fourth-order valence-corrected chi connectivity index (χ4v) is 3.28. The molecule has 0 saturated heterocycles. The maximum atomic E-state index is 3.68. The highest BCUT2D eigenvalue weighted by atomic mass is 32.1. The molecule has 2 atom stereocenters. The number of nitrogens with one attached hydrogen (secondary N) is 1. The van der Waals surface area contributed by atoms with Crippen LogP contribution in [-0.2, 0) is 6.54 Å². The standard InChI is InChI=1S/C13H22N2S/c1-10-4-7-13(16-10)9-14-11-5-6-12(8-11)15(2)3/h4,7,11-12,14H,5-6,8-9H2,1-3H3. The third kappa shape index (κ3) is 3.06. The summed E-state index contributed by atoms with van der Waals surface area (Å²) < 4.78 is 0. The van der Waals surface area contributed by atoms with E-state index in [0.717, 1.165) is 18.6 Å². The Bertz CT molecular complexity index is 332. The molecule has 2 nitrogen and oxygen atoms in total. The maximum absolute atomic E-state index is 3.68. The first-order chi connectivity index (χ1) is 7.65. The Morgan fingerprint density at radius 2 is 2.19 bits per heavy atom. The molecule has 1 aromatic rings. The lowest BCUT2D eigenvalue weighted by atomic mass is 10.2. The fourth-order valence-electron chi connectivity index (χ4n) is 2.44. The van der Waals surface area contributed by atoms with Crippen LogP contribution in [0.4, 0.5) is 0 Å². The van der Waals surface area contributed by atoms with Crippen molar-refractivity contribution in [2.45, 2.75) is 44.8 Å². The van der Waals surface area contributed by atoms with E-state index in [1.807, 2.05) is 11.3 Å². The molecular formula is C13H22N2S. The minimum absolute atomic E-state index is 0.717. The first-order valence-corrected chi connectivity index (χ1v) is 6.92. The van der Waals surface area contributed by atoms with E-state index in [1.165, 1.54) is 29.0 Å². The third-order valence-electron chi connectivity index (χ3n) is 3.50. The second kappa shape index (κ2) is 5.30. The molecule has 0 radical (unpaired) electrons. The van der Waals surface area contributed by atoms with Crippen LogP contribution in [0.25, 0.3) is 0 Å². The van der Waals surface area contributed by atoms with Gasteiger partial charge in [0.1, 0.15) is 0 Å². The summed E-state index contributed by atoms with van der Waals surface area (Å²) in [5.74, 6) is 0. The monoisotopic (exact) mass is 238 g/mol. The summed E-state index contributed by atoms with van der Waals surface area (Å²) in [6, 6.07) is 5.95. The van der Waals surface area contributed by atoms with Gasteiger partial charge in [0.25, 0.3) is 0 Å². The summed E-state index contributed by atoms with van der Waals surface area (Å²) in [6.45, 7) is 3.22. The highest BCUT2D eigenvalue weighted by Crippen LogP contribution is 2.23. The molecular weight excluding hydrogens is 216 g/mol. The SMILES string of the molecule is Cc1ccc(CNC2CCC(N(C)C)C2)s1. The average molecular weight is 238 g/mol. The largest absolute Gasteiger partial charge is 0.309 e. The second-order valence-corrected chi connectivity index (χ2v) is 6.39. The van der Waals surface area contributed by atoms with Gasteiger partial charge in [-0.15, -0.1) is 11.3 Å². The zero-order valence-electron chi connectivity index (χ0n) is 10.5. The van der Waals surface area contributed by atoms with Crippen LogP contribution in [0, 0.1) is 6.92 Å². The smallest absolute Gasteiger partial charge is 0.0302 e. The number of thiophene rings is 1. The first kappa shape index (κ1) is 12.1. The predicted molar refractivity (Wildman–Crippen MR) is 71.0 cm³/mol. The quantitative estimate of drug-likeness (QED) is 0.867. The Hall–Kier alpha value is -0.380. The van der Waals surface area contributed by atoms with Crippen LogP contribution in [0.1, 0.15) is 29.0 Å². The van der Waals surface area contributed by atoms with Gasteiger partial charge in [-0.25, -0.2) is 0 Å². The van der Waals surface area contributed by atoms with Crippen LogP contribution in [0.3, 0.4) is 0 Å². The van der Waals surface area contributed by atoms with Crippen LogP contribution < -0.4 is 5.32 Å². The molecule has 1 N–H and O–H groups in total. The normalized spacial score (nSPS) is 25.5. The number of nitrogens with zero attached hydrogens (tertiary/aromatic N) is 1. The second-order valence-electron chi connectivity index (χ2n) is 5.02. The van der Waals surface area contributed by atoms with Crippen LogP contribution in [0.15, 0.2) is 12.1 Å². The van der Waals surface area contributed by atoms with E-state index < -0.39 is 0 Å². The first-order valence-electron chi connectivity index (χ1n) is 6.10. The molecule has 3 heteroatoms. The average Bonchev–Trinajstić information content (AvgIpc) is 2.83. The molecule has 0 spiro atoms. The van der Waals surface area contributed by atoms with E-state index in [-0.39, 0.29) is 0 Å². The van der Waals surface area contributed by atoms with E-state index in [1.54, 1.807) is 0 Å². The number of rotatable bonds is 4. The predicted octanol–water partition coefficient (Wildman–Crippen LogP) is 2.63. The van der Waals surface area contributed by atoms with Crippen LogP contribution in [0.5, 0.6) is 0 Å². The summed E-state index contributed by atoms with van der Waals surface area (Å²) in [4.78, 5) is 5.23. The summed E-state index contributed by atoms with van der Waals surface area (Å²) in [6.07, 6.45) is 3.97. The van der Waals surface area contributed by atoms with E-state index in [2.05, 4.69) is 43.4 Å². The van der Waals surface area contributed by atoms with Gasteiger partial charge < -0.3 is 10.2 Å². The van der Waals surface area contributed by atoms with Crippen molar-refractivity contribution in [3.63, 3.8) is 0 Å². The molecule has 1 aliphatic rings.